The molecule has 0 radical (unpaired) electrons. The lowest BCUT2D eigenvalue weighted by atomic mass is 10.1. The highest BCUT2D eigenvalue weighted by atomic mass is 35.5. The molecule has 8 heteroatoms. The van der Waals surface area contributed by atoms with Crippen molar-refractivity contribution in [3.8, 4) is 0 Å². The number of halogens is 1. The molecule has 0 saturated heterocycles. The highest BCUT2D eigenvalue weighted by Gasteiger charge is 2.34. The Hall–Kier alpha value is -3.06. The van der Waals surface area contributed by atoms with E-state index in [2.05, 4.69) is 0 Å². The normalized spacial score (nSPS) is 16.5. The minimum absolute atomic E-state index is 0.00116. The number of benzene rings is 2. The molecule has 156 valence electrons. The smallest absolute Gasteiger partial charge is 0.419 e. The summed E-state index contributed by atoms with van der Waals surface area (Å²) in [5.41, 5.74) is 2.85. The van der Waals surface area contributed by atoms with Crippen LogP contribution < -0.4 is 10.7 Å². The van der Waals surface area contributed by atoms with Crippen molar-refractivity contribution in [3.05, 3.63) is 63.6 Å². The molecule has 1 aliphatic rings. The molecule has 2 heterocycles. The van der Waals surface area contributed by atoms with Crippen molar-refractivity contribution >= 4 is 40.3 Å². The van der Waals surface area contributed by atoms with Crippen molar-refractivity contribution in [2.45, 2.75) is 45.4 Å². The van der Waals surface area contributed by atoms with E-state index < -0.39 is 17.8 Å². The number of carbonyl (C=O) groups excluding carboxylic acids is 2. The van der Waals surface area contributed by atoms with E-state index in [0.29, 0.717) is 16.1 Å². The van der Waals surface area contributed by atoms with Crippen LogP contribution in [0.15, 0.2) is 51.7 Å². The molecule has 1 amide bonds. The molecule has 0 N–H and O–H groups in total. The summed E-state index contributed by atoms with van der Waals surface area (Å²) in [7, 11) is 0. The van der Waals surface area contributed by atoms with Crippen molar-refractivity contribution in [1.82, 2.24) is 4.57 Å². The van der Waals surface area contributed by atoms with Crippen LogP contribution in [0.25, 0.3) is 11.1 Å². The second-order valence-electron chi connectivity index (χ2n) is 7.40. The standard InChI is InChI=1S/C22H21ClN2O5/c1-13-11-15-5-3-4-6-17(15)25(13)21(27)14(2)29-20(26)9-10-24-18-8-7-16(23)12-19(18)30-22(24)28/h3-8,12-14H,9-11H2,1-2H3/t13-,14-/m1/s1. The van der Waals surface area contributed by atoms with Gasteiger partial charge in [0.2, 0.25) is 0 Å². The second kappa shape index (κ2) is 7.99. The first kappa shape index (κ1) is 20.2. The lowest BCUT2D eigenvalue weighted by Crippen LogP contribution is -2.43. The average molecular weight is 429 g/mol. The number of oxazole rings is 1. The Bertz CT molecular complexity index is 1180. The van der Waals surface area contributed by atoms with Crippen LogP contribution in [0.2, 0.25) is 5.02 Å². The number of aryl methyl sites for hydroxylation is 1. The van der Waals surface area contributed by atoms with Crippen LogP contribution >= 0.6 is 11.6 Å². The number of rotatable bonds is 5. The van der Waals surface area contributed by atoms with Gasteiger partial charge in [0.05, 0.1) is 11.9 Å². The molecule has 3 aromatic rings. The fourth-order valence-electron chi connectivity index (χ4n) is 3.86. The Morgan fingerprint density at radius 1 is 1.27 bits per heavy atom. The summed E-state index contributed by atoms with van der Waals surface area (Å²) >= 11 is 5.91. The third-order valence-electron chi connectivity index (χ3n) is 5.27. The van der Waals surface area contributed by atoms with Crippen molar-refractivity contribution in [3.63, 3.8) is 0 Å². The number of fused-ring (bicyclic) bond motifs is 2. The molecule has 1 aromatic heterocycles. The largest absolute Gasteiger partial charge is 0.452 e. The molecule has 0 bridgehead atoms. The summed E-state index contributed by atoms with van der Waals surface area (Å²) in [4.78, 5) is 39.0. The number of aromatic nitrogens is 1. The first-order valence-corrected chi connectivity index (χ1v) is 10.1. The molecule has 1 aliphatic heterocycles. The Morgan fingerprint density at radius 3 is 2.83 bits per heavy atom. The summed E-state index contributed by atoms with van der Waals surface area (Å²) in [6.45, 7) is 3.61. The van der Waals surface area contributed by atoms with E-state index in [4.69, 9.17) is 20.8 Å². The summed E-state index contributed by atoms with van der Waals surface area (Å²) in [5, 5.41) is 0.452. The fourth-order valence-corrected chi connectivity index (χ4v) is 4.02. The Kier molecular flexibility index (Phi) is 5.39. The number of para-hydroxylation sites is 1. The van der Waals surface area contributed by atoms with E-state index in [0.717, 1.165) is 17.7 Å². The molecule has 0 aliphatic carbocycles. The molecule has 4 rings (SSSR count). The molecular formula is C22H21ClN2O5. The van der Waals surface area contributed by atoms with Crippen LogP contribution in [-0.4, -0.2) is 28.6 Å². The van der Waals surface area contributed by atoms with Gasteiger partial charge < -0.3 is 14.1 Å². The van der Waals surface area contributed by atoms with Gasteiger partial charge in [-0.3, -0.25) is 14.2 Å². The zero-order chi connectivity index (χ0) is 21.4. The van der Waals surface area contributed by atoms with Crippen LogP contribution in [-0.2, 0) is 27.3 Å². The number of nitrogens with zero attached hydrogens (tertiary/aromatic N) is 2. The summed E-state index contributed by atoms with van der Waals surface area (Å²) in [6, 6.07) is 12.6. The van der Waals surface area contributed by atoms with Crippen LogP contribution in [0.1, 0.15) is 25.8 Å². The minimum atomic E-state index is -0.928. The summed E-state index contributed by atoms with van der Waals surface area (Å²) < 4.78 is 11.9. The number of ether oxygens (including phenoxy) is 1. The monoisotopic (exact) mass is 428 g/mol. The van der Waals surface area contributed by atoms with Gasteiger partial charge in [0.15, 0.2) is 11.7 Å². The van der Waals surface area contributed by atoms with Crippen LogP contribution in [0.3, 0.4) is 0 Å². The van der Waals surface area contributed by atoms with Gasteiger partial charge in [-0.15, -0.1) is 0 Å². The van der Waals surface area contributed by atoms with Crippen molar-refractivity contribution in [1.29, 1.82) is 0 Å². The van der Waals surface area contributed by atoms with E-state index in [-0.39, 0.29) is 24.9 Å². The number of esters is 1. The van der Waals surface area contributed by atoms with Gasteiger partial charge in [-0.05, 0) is 44.0 Å². The van der Waals surface area contributed by atoms with E-state index in [1.54, 1.807) is 30.0 Å². The van der Waals surface area contributed by atoms with Crippen LogP contribution in [0.5, 0.6) is 0 Å². The number of anilines is 1. The van der Waals surface area contributed by atoms with Gasteiger partial charge in [-0.2, -0.15) is 0 Å². The van der Waals surface area contributed by atoms with Crippen molar-refractivity contribution < 1.29 is 18.7 Å². The van der Waals surface area contributed by atoms with Gasteiger partial charge in [-0.25, -0.2) is 4.79 Å². The van der Waals surface area contributed by atoms with E-state index in [9.17, 15) is 14.4 Å². The van der Waals surface area contributed by atoms with Gasteiger partial charge in [0.25, 0.3) is 5.91 Å². The molecule has 30 heavy (non-hydrogen) atoms. The molecule has 0 unspecified atom stereocenters. The Labute approximate surface area is 177 Å². The molecule has 7 nitrogen and oxygen atoms in total. The predicted molar refractivity (Wildman–Crippen MR) is 113 cm³/mol. The SMILES string of the molecule is C[C@@H]1Cc2ccccc2N1C(=O)[C@@H](C)OC(=O)CCn1c(=O)oc2cc(Cl)ccc21. The van der Waals surface area contributed by atoms with Gasteiger partial charge >= 0.3 is 11.7 Å². The summed E-state index contributed by atoms with van der Waals surface area (Å²) in [6.07, 6.45) is -0.230. The summed E-state index contributed by atoms with van der Waals surface area (Å²) in [5.74, 6) is -1.40. The Balaban J connectivity index is 1.41. The fraction of sp³-hybridized carbons (Fsp3) is 0.318. The second-order valence-corrected chi connectivity index (χ2v) is 7.84. The predicted octanol–water partition coefficient (Wildman–Crippen LogP) is 3.55. The van der Waals surface area contributed by atoms with Crippen LogP contribution in [0.4, 0.5) is 5.69 Å². The van der Waals surface area contributed by atoms with Crippen LogP contribution in [0, 0.1) is 0 Å². The average Bonchev–Trinajstić information content (AvgIpc) is 3.20. The zero-order valence-corrected chi connectivity index (χ0v) is 17.4. The number of hydrogen-bond donors (Lipinski definition) is 0. The highest BCUT2D eigenvalue weighted by molar-refractivity contribution is 6.31. The first-order valence-electron chi connectivity index (χ1n) is 9.74. The maximum Gasteiger partial charge on any atom is 0.419 e. The molecule has 2 atom stereocenters. The lowest BCUT2D eigenvalue weighted by Gasteiger charge is -2.25. The van der Waals surface area contributed by atoms with Gasteiger partial charge in [0.1, 0.15) is 0 Å². The highest BCUT2D eigenvalue weighted by Crippen LogP contribution is 2.32. The van der Waals surface area contributed by atoms with Gasteiger partial charge in [0, 0.05) is 29.4 Å². The number of carbonyl (C=O) groups is 2. The lowest BCUT2D eigenvalue weighted by molar-refractivity contribution is -0.154. The van der Waals surface area contributed by atoms with E-state index in [1.807, 2.05) is 31.2 Å². The topological polar surface area (TPSA) is 81.8 Å². The Morgan fingerprint density at radius 2 is 2.03 bits per heavy atom. The maximum absolute atomic E-state index is 12.9. The van der Waals surface area contributed by atoms with Gasteiger partial charge in [-0.1, -0.05) is 29.8 Å². The quantitative estimate of drug-likeness (QED) is 0.580. The third-order valence-corrected chi connectivity index (χ3v) is 5.51. The van der Waals surface area contributed by atoms with E-state index in [1.165, 1.54) is 4.57 Å². The van der Waals surface area contributed by atoms with Crippen molar-refractivity contribution in [2.24, 2.45) is 0 Å². The number of hydrogen-bond acceptors (Lipinski definition) is 5. The molecular weight excluding hydrogens is 408 g/mol. The third kappa shape index (κ3) is 3.73. The molecule has 0 fully saturated rings. The van der Waals surface area contributed by atoms with Crippen molar-refractivity contribution in [2.75, 3.05) is 4.90 Å². The number of amides is 1. The molecule has 2 aromatic carbocycles. The minimum Gasteiger partial charge on any atom is -0.452 e. The molecule has 0 saturated carbocycles. The molecule has 0 spiro atoms. The zero-order valence-electron chi connectivity index (χ0n) is 16.6. The maximum atomic E-state index is 12.9. The van der Waals surface area contributed by atoms with E-state index >= 15 is 0 Å². The first-order chi connectivity index (χ1) is 14.3.